The van der Waals surface area contributed by atoms with Crippen LogP contribution in [0.3, 0.4) is 0 Å². The molecule has 0 aliphatic heterocycles. The average molecular weight is 408 g/mol. The Hall–Kier alpha value is -0.723. The van der Waals surface area contributed by atoms with Crippen LogP contribution in [0.4, 0.5) is 0 Å². The third kappa shape index (κ3) is 4.89. The number of halogens is 3. The van der Waals surface area contributed by atoms with Crippen molar-refractivity contribution in [3.8, 4) is 17.0 Å². The number of aromatic nitrogens is 2. The molecule has 4 nitrogen and oxygen atoms in total. The number of hydrogen-bond acceptors (Lipinski definition) is 3. The molecule has 0 aliphatic rings. The van der Waals surface area contributed by atoms with Gasteiger partial charge in [0.15, 0.2) is 5.75 Å². The van der Waals surface area contributed by atoms with Crippen LogP contribution in [0, 0.1) is 0 Å². The van der Waals surface area contributed by atoms with E-state index in [2.05, 4.69) is 24.7 Å². The summed E-state index contributed by atoms with van der Waals surface area (Å²) in [5.41, 5.74) is 1.10. The first kappa shape index (κ1) is 19.6. The molecule has 0 spiro atoms. The topological polar surface area (TPSA) is 36.3 Å². The Morgan fingerprint density at radius 3 is 2.42 bits per heavy atom. The molecule has 2 aromatic rings. The summed E-state index contributed by atoms with van der Waals surface area (Å²) in [6.45, 7) is 8.00. The molecule has 0 saturated carbocycles. The van der Waals surface area contributed by atoms with Crippen LogP contribution < -0.4 is 4.74 Å². The lowest BCUT2D eigenvalue weighted by Gasteiger charge is -2.15. The van der Waals surface area contributed by atoms with E-state index in [-0.39, 0.29) is 0 Å². The van der Waals surface area contributed by atoms with Crippen molar-refractivity contribution in [3.05, 3.63) is 33.4 Å². The highest BCUT2D eigenvalue weighted by Crippen LogP contribution is 2.41. The van der Waals surface area contributed by atoms with E-state index < -0.39 is 8.07 Å². The molecule has 0 amide bonds. The van der Waals surface area contributed by atoms with Gasteiger partial charge in [0, 0.05) is 20.2 Å². The number of hydrogen-bond donors (Lipinski definition) is 0. The molecular formula is C16H21Cl3N2O2Si. The highest BCUT2D eigenvalue weighted by atomic mass is 35.5. The zero-order valence-electron chi connectivity index (χ0n) is 14.2. The second-order valence-corrected chi connectivity index (χ2v) is 13.5. The molecule has 0 bridgehead atoms. The summed E-state index contributed by atoms with van der Waals surface area (Å²) in [4.78, 5) is 0. The van der Waals surface area contributed by atoms with E-state index in [1.165, 1.54) is 0 Å². The number of benzene rings is 1. The quantitative estimate of drug-likeness (QED) is 0.329. The van der Waals surface area contributed by atoms with E-state index in [0.29, 0.717) is 45.4 Å². The Balaban J connectivity index is 2.21. The minimum Gasteiger partial charge on any atom is -0.493 e. The Kier molecular flexibility index (Phi) is 6.62. The van der Waals surface area contributed by atoms with Crippen molar-refractivity contribution in [3.63, 3.8) is 0 Å². The van der Waals surface area contributed by atoms with Gasteiger partial charge < -0.3 is 9.47 Å². The molecule has 1 heterocycles. The molecule has 8 heteroatoms. The maximum Gasteiger partial charge on any atom is 0.164 e. The van der Waals surface area contributed by atoms with Gasteiger partial charge in [-0.1, -0.05) is 54.4 Å². The molecule has 1 aromatic heterocycles. The first-order valence-electron chi connectivity index (χ1n) is 7.56. The maximum absolute atomic E-state index is 6.30. The number of ether oxygens (including phenoxy) is 2. The first-order valence-corrected chi connectivity index (χ1v) is 12.4. The molecular weight excluding hydrogens is 387 g/mol. The van der Waals surface area contributed by atoms with Gasteiger partial charge in [0.05, 0.1) is 28.4 Å². The van der Waals surface area contributed by atoms with Crippen LogP contribution in [0.25, 0.3) is 11.3 Å². The van der Waals surface area contributed by atoms with E-state index in [1.807, 2.05) is 0 Å². The zero-order valence-corrected chi connectivity index (χ0v) is 17.5. The van der Waals surface area contributed by atoms with Gasteiger partial charge in [0.2, 0.25) is 0 Å². The highest BCUT2D eigenvalue weighted by molar-refractivity contribution is 6.76. The Morgan fingerprint density at radius 2 is 1.79 bits per heavy atom. The van der Waals surface area contributed by atoms with Gasteiger partial charge >= 0.3 is 0 Å². The van der Waals surface area contributed by atoms with E-state index in [9.17, 15) is 0 Å². The molecule has 24 heavy (non-hydrogen) atoms. The monoisotopic (exact) mass is 406 g/mol. The summed E-state index contributed by atoms with van der Waals surface area (Å²) >= 11 is 18.7. The average Bonchev–Trinajstić information content (AvgIpc) is 2.90. The Morgan fingerprint density at radius 1 is 1.12 bits per heavy atom. The fourth-order valence-electron chi connectivity index (χ4n) is 2.07. The fourth-order valence-corrected chi connectivity index (χ4v) is 3.54. The highest BCUT2D eigenvalue weighted by Gasteiger charge is 2.20. The maximum atomic E-state index is 6.30. The summed E-state index contributed by atoms with van der Waals surface area (Å²) in [6.07, 6.45) is 1.76. The second-order valence-electron chi connectivity index (χ2n) is 6.65. The van der Waals surface area contributed by atoms with Gasteiger partial charge in [-0.3, -0.25) is 0 Å². The zero-order chi connectivity index (χ0) is 17.9. The molecule has 0 saturated heterocycles. The molecule has 0 radical (unpaired) electrons. The predicted molar refractivity (Wildman–Crippen MR) is 103 cm³/mol. The molecule has 0 fully saturated rings. The second kappa shape index (κ2) is 8.10. The van der Waals surface area contributed by atoms with E-state index >= 15 is 0 Å². The lowest BCUT2D eigenvalue weighted by Crippen LogP contribution is -2.22. The van der Waals surface area contributed by atoms with Gasteiger partial charge in [0.25, 0.3) is 0 Å². The SMILES string of the molecule is COc1cn(COCC[Si](C)(C)C)nc1-c1c(Cl)ccc(Cl)c1Cl. The summed E-state index contributed by atoms with van der Waals surface area (Å²) < 4.78 is 12.8. The lowest BCUT2D eigenvalue weighted by molar-refractivity contribution is 0.0785. The van der Waals surface area contributed by atoms with Crippen molar-refractivity contribution in [1.82, 2.24) is 9.78 Å². The minimum absolute atomic E-state index is 0.344. The van der Waals surface area contributed by atoms with E-state index in [1.54, 1.807) is 30.1 Å². The van der Waals surface area contributed by atoms with Crippen molar-refractivity contribution in [2.45, 2.75) is 32.4 Å². The summed E-state index contributed by atoms with van der Waals surface area (Å²) in [7, 11) is 0.462. The number of methoxy groups -OCH3 is 1. The van der Waals surface area contributed by atoms with Crippen molar-refractivity contribution in [2.75, 3.05) is 13.7 Å². The summed E-state index contributed by atoms with van der Waals surface area (Å²) in [5, 5.41) is 5.73. The first-order chi connectivity index (χ1) is 11.2. The Labute approximate surface area is 158 Å². The van der Waals surface area contributed by atoms with Crippen molar-refractivity contribution in [2.24, 2.45) is 0 Å². The fraction of sp³-hybridized carbons (Fsp3) is 0.438. The largest absolute Gasteiger partial charge is 0.493 e. The Bertz CT molecular complexity index is 714. The smallest absolute Gasteiger partial charge is 0.164 e. The van der Waals surface area contributed by atoms with Gasteiger partial charge in [0.1, 0.15) is 12.4 Å². The molecule has 1 aromatic carbocycles. The van der Waals surface area contributed by atoms with Gasteiger partial charge in [-0.15, -0.1) is 0 Å². The van der Waals surface area contributed by atoms with Crippen LogP contribution in [-0.2, 0) is 11.5 Å². The van der Waals surface area contributed by atoms with Crippen LogP contribution in [-0.4, -0.2) is 31.6 Å². The van der Waals surface area contributed by atoms with Crippen LogP contribution in [0.1, 0.15) is 0 Å². The lowest BCUT2D eigenvalue weighted by atomic mass is 10.1. The third-order valence-electron chi connectivity index (χ3n) is 3.45. The molecule has 0 N–H and O–H groups in total. The normalized spacial score (nSPS) is 11.8. The van der Waals surface area contributed by atoms with E-state index in [0.717, 1.165) is 6.04 Å². The van der Waals surface area contributed by atoms with Gasteiger partial charge in [-0.25, -0.2) is 4.68 Å². The van der Waals surface area contributed by atoms with Crippen molar-refractivity contribution >= 4 is 42.9 Å². The van der Waals surface area contributed by atoms with Crippen molar-refractivity contribution < 1.29 is 9.47 Å². The van der Waals surface area contributed by atoms with Gasteiger partial charge in [-0.2, -0.15) is 5.10 Å². The minimum atomic E-state index is -1.11. The summed E-state index contributed by atoms with van der Waals surface area (Å²) in [5.74, 6) is 0.565. The standard InChI is InChI=1S/C16H21Cl3N2O2Si/c1-22-13-9-21(10-23-7-8-24(2,3)4)20-16(13)14-11(17)5-6-12(18)15(14)19/h5-6,9H,7-8,10H2,1-4H3. The molecule has 132 valence electrons. The molecule has 0 unspecified atom stereocenters. The summed E-state index contributed by atoms with van der Waals surface area (Å²) in [6, 6.07) is 4.44. The third-order valence-corrected chi connectivity index (χ3v) is 6.27. The van der Waals surface area contributed by atoms with Crippen LogP contribution in [0.2, 0.25) is 40.8 Å². The van der Waals surface area contributed by atoms with E-state index in [4.69, 9.17) is 44.3 Å². The number of nitrogens with zero attached hydrogens (tertiary/aromatic N) is 2. The van der Waals surface area contributed by atoms with Crippen LogP contribution in [0.15, 0.2) is 18.3 Å². The van der Waals surface area contributed by atoms with Crippen LogP contribution >= 0.6 is 34.8 Å². The molecule has 0 aliphatic carbocycles. The van der Waals surface area contributed by atoms with Crippen molar-refractivity contribution in [1.29, 1.82) is 0 Å². The van der Waals surface area contributed by atoms with Gasteiger partial charge in [-0.05, 0) is 18.2 Å². The van der Waals surface area contributed by atoms with Crippen LogP contribution in [0.5, 0.6) is 5.75 Å². The predicted octanol–water partition coefficient (Wildman–Crippen LogP) is 5.83. The molecule has 2 rings (SSSR count). The number of rotatable bonds is 7. The molecule has 0 atom stereocenters.